The van der Waals surface area contributed by atoms with Gasteiger partial charge in [-0.05, 0) is 32.9 Å². The van der Waals surface area contributed by atoms with Crippen LogP contribution in [0.15, 0.2) is 48.5 Å². The first-order valence-corrected chi connectivity index (χ1v) is 7.35. The third kappa shape index (κ3) is 3.42. The SMILES string of the molecule is Cc1ccc(C(=O)C(C)N(C)C(=O)c2ccc(C)cc2)cc1. The van der Waals surface area contributed by atoms with E-state index in [2.05, 4.69) is 0 Å². The van der Waals surface area contributed by atoms with Crippen LogP contribution in [0, 0.1) is 13.8 Å². The minimum Gasteiger partial charge on any atom is -0.332 e. The van der Waals surface area contributed by atoms with Crippen molar-refractivity contribution in [2.24, 2.45) is 0 Å². The zero-order valence-electron chi connectivity index (χ0n) is 13.5. The number of benzene rings is 2. The molecule has 3 heteroatoms. The molecule has 0 radical (unpaired) electrons. The van der Waals surface area contributed by atoms with Gasteiger partial charge < -0.3 is 4.90 Å². The molecular weight excluding hydrogens is 274 g/mol. The Hall–Kier alpha value is -2.42. The van der Waals surface area contributed by atoms with Gasteiger partial charge in [0.15, 0.2) is 5.78 Å². The fourth-order valence-corrected chi connectivity index (χ4v) is 2.21. The van der Waals surface area contributed by atoms with E-state index in [9.17, 15) is 9.59 Å². The van der Waals surface area contributed by atoms with E-state index in [1.807, 2.05) is 38.1 Å². The number of hydrogen-bond acceptors (Lipinski definition) is 2. The van der Waals surface area contributed by atoms with Crippen LogP contribution in [0.2, 0.25) is 0 Å². The standard InChI is InChI=1S/C19H21NO2/c1-13-5-9-16(10-6-13)18(21)15(3)20(4)19(22)17-11-7-14(2)8-12-17/h5-12,15H,1-4H3. The molecule has 1 atom stereocenters. The van der Waals surface area contributed by atoms with Crippen LogP contribution in [0.25, 0.3) is 0 Å². The van der Waals surface area contributed by atoms with Gasteiger partial charge >= 0.3 is 0 Å². The largest absolute Gasteiger partial charge is 0.332 e. The zero-order valence-corrected chi connectivity index (χ0v) is 13.5. The van der Waals surface area contributed by atoms with Crippen molar-refractivity contribution in [2.45, 2.75) is 26.8 Å². The average Bonchev–Trinajstić information content (AvgIpc) is 2.53. The maximum absolute atomic E-state index is 12.5. The van der Waals surface area contributed by atoms with Crippen LogP contribution in [-0.2, 0) is 0 Å². The maximum atomic E-state index is 12.5. The number of hydrogen-bond donors (Lipinski definition) is 0. The van der Waals surface area contributed by atoms with Crippen molar-refractivity contribution in [3.63, 3.8) is 0 Å². The zero-order chi connectivity index (χ0) is 16.3. The molecule has 0 aliphatic carbocycles. The van der Waals surface area contributed by atoms with Crippen molar-refractivity contribution in [1.82, 2.24) is 4.90 Å². The van der Waals surface area contributed by atoms with Gasteiger partial charge in [0.25, 0.3) is 5.91 Å². The van der Waals surface area contributed by atoms with Gasteiger partial charge in [-0.1, -0.05) is 47.5 Å². The van der Waals surface area contributed by atoms with Crippen LogP contribution in [0.3, 0.4) is 0 Å². The topological polar surface area (TPSA) is 37.4 Å². The molecule has 114 valence electrons. The number of rotatable bonds is 4. The molecule has 0 saturated heterocycles. The molecule has 2 rings (SSSR count). The van der Waals surface area contributed by atoms with E-state index in [0.29, 0.717) is 11.1 Å². The first kappa shape index (κ1) is 16.0. The Bertz CT molecular complexity index is 610. The van der Waals surface area contributed by atoms with Crippen molar-refractivity contribution < 1.29 is 9.59 Å². The quantitative estimate of drug-likeness (QED) is 0.807. The first-order chi connectivity index (χ1) is 10.4. The number of nitrogens with zero attached hydrogens (tertiary/aromatic N) is 1. The molecular formula is C19H21NO2. The molecule has 0 bridgehead atoms. The Morgan fingerprint density at radius 1 is 0.818 bits per heavy atom. The Morgan fingerprint density at radius 3 is 1.68 bits per heavy atom. The minimum absolute atomic E-state index is 0.0528. The summed E-state index contributed by atoms with van der Waals surface area (Å²) >= 11 is 0. The van der Waals surface area contributed by atoms with Crippen LogP contribution in [0.1, 0.15) is 38.8 Å². The Labute approximate surface area is 131 Å². The molecule has 0 saturated carbocycles. The van der Waals surface area contributed by atoms with Gasteiger partial charge in [0.1, 0.15) is 0 Å². The summed E-state index contributed by atoms with van der Waals surface area (Å²) < 4.78 is 0. The molecule has 0 aliphatic rings. The van der Waals surface area contributed by atoms with Crippen LogP contribution in [0.4, 0.5) is 0 Å². The molecule has 0 aromatic heterocycles. The molecule has 0 fully saturated rings. The Morgan fingerprint density at radius 2 is 1.23 bits per heavy atom. The highest BCUT2D eigenvalue weighted by Crippen LogP contribution is 2.13. The third-order valence-corrected chi connectivity index (χ3v) is 3.92. The third-order valence-electron chi connectivity index (χ3n) is 3.92. The molecule has 0 heterocycles. The number of ketones is 1. The van der Waals surface area contributed by atoms with Gasteiger partial charge in [-0.25, -0.2) is 0 Å². The second-order valence-corrected chi connectivity index (χ2v) is 5.69. The summed E-state index contributed by atoms with van der Waals surface area (Å²) in [5, 5.41) is 0. The smallest absolute Gasteiger partial charge is 0.254 e. The summed E-state index contributed by atoms with van der Waals surface area (Å²) in [5.41, 5.74) is 3.43. The number of aryl methyl sites for hydroxylation is 2. The minimum atomic E-state index is -0.503. The second kappa shape index (κ2) is 6.56. The summed E-state index contributed by atoms with van der Waals surface area (Å²) in [6, 6.07) is 14.3. The van der Waals surface area contributed by atoms with E-state index in [1.165, 1.54) is 4.90 Å². The summed E-state index contributed by atoms with van der Waals surface area (Å²) in [7, 11) is 1.67. The number of carbonyl (C=O) groups is 2. The molecule has 0 spiro atoms. The number of amides is 1. The number of carbonyl (C=O) groups excluding carboxylic acids is 2. The van der Waals surface area contributed by atoms with E-state index in [4.69, 9.17) is 0 Å². The van der Waals surface area contributed by atoms with Gasteiger partial charge in [0, 0.05) is 18.2 Å². The highest BCUT2D eigenvalue weighted by Gasteiger charge is 2.24. The molecule has 0 aliphatic heterocycles. The van der Waals surface area contributed by atoms with Crippen molar-refractivity contribution >= 4 is 11.7 Å². The summed E-state index contributed by atoms with van der Waals surface area (Å²) in [6.07, 6.45) is 0. The van der Waals surface area contributed by atoms with Gasteiger partial charge in [-0.3, -0.25) is 9.59 Å². The van der Waals surface area contributed by atoms with E-state index in [1.54, 1.807) is 38.2 Å². The molecule has 0 N–H and O–H groups in total. The number of Topliss-reactive ketones (excluding diaryl/α,β-unsaturated/α-hetero) is 1. The summed E-state index contributed by atoms with van der Waals surface area (Å²) in [5.74, 6) is -0.198. The highest BCUT2D eigenvalue weighted by atomic mass is 16.2. The van der Waals surface area contributed by atoms with E-state index < -0.39 is 6.04 Å². The van der Waals surface area contributed by atoms with Gasteiger partial charge in [-0.15, -0.1) is 0 Å². The Kier molecular flexibility index (Phi) is 4.76. The Balaban J connectivity index is 2.15. The van der Waals surface area contributed by atoms with Crippen LogP contribution in [-0.4, -0.2) is 29.7 Å². The van der Waals surface area contributed by atoms with E-state index in [-0.39, 0.29) is 11.7 Å². The summed E-state index contributed by atoms with van der Waals surface area (Å²) in [6.45, 7) is 5.71. The lowest BCUT2D eigenvalue weighted by molar-refractivity contribution is 0.0675. The lowest BCUT2D eigenvalue weighted by Gasteiger charge is -2.24. The second-order valence-electron chi connectivity index (χ2n) is 5.69. The molecule has 1 amide bonds. The molecule has 1 unspecified atom stereocenters. The van der Waals surface area contributed by atoms with Crippen molar-refractivity contribution in [3.8, 4) is 0 Å². The maximum Gasteiger partial charge on any atom is 0.254 e. The van der Waals surface area contributed by atoms with Gasteiger partial charge in [0.05, 0.1) is 6.04 Å². The predicted molar refractivity (Wildman–Crippen MR) is 88.2 cm³/mol. The van der Waals surface area contributed by atoms with Crippen LogP contribution < -0.4 is 0 Å². The molecule has 2 aromatic rings. The van der Waals surface area contributed by atoms with Crippen molar-refractivity contribution in [3.05, 3.63) is 70.8 Å². The van der Waals surface area contributed by atoms with Gasteiger partial charge in [-0.2, -0.15) is 0 Å². The van der Waals surface area contributed by atoms with Gasteiger partial charge in [0.2, 0.25) is 0 Å². The lowest BCUT2D eigenvalue weighted by Crippen LogP contribution is -2.40. The predicted octanol–water partition coefficient (Wildman–Crippen LogP) is 3.65. The van der Waals surface area contributed by atoms with Crippen molar-refractivity contribution in [2.75, 3.05) is 7.05 Å². The monoisotopic (exact) mass is 295 g/mol. The molecule has 22 heavy (non-hydrogen) atoms. The van der Waals surface area contributed by atoms with E-state index >= 15 is 0 Å². The fraction of sp³-hybridized carbons (Fsp3) is 0.263. The number of likely N-dealkylation sites (N-methyl/N-ethyl adjacent to an activating group) is 1. The van der Waals surface area contributed by atoms with E-state index in [0.717, 1.165) is 11.1 Å². The van der Waals surface area contributed by atoms with Crippen LogP contribution in [0.5, 0.6) is 0 Å². The first-order valence-electron chi connectivity index (χ1n) is 7.35. The lowest BCUT2D eigenvalue weighted by atomic mass is 10.0. The highest BCUT2D eigenvalue weighted by molar-refractivity contribution is 6.04. The normalized spacial score (nSPS) is 11.8. The molecule has 2 aromatic carbocycles. The summed E-state index contributed by atoms with van der Waals surface area (Å²) in [4.78, 5) is 26.4. The fourth-order valence-electron chi connectivity index (χ4n) is 2.21. The van der Waals surface area contributed by atoms with Crippen molar-refractivity contribution in [1.29, 1.82) is 0 Å². The average molecular weight is 295 g/mol. The molecule has 3 nitrogen and oxygen atoms in total. The van der Waals surface area contributed by atoms with Crippen LogP contribution >= 0.6 is 0 Å².